The second-order valence-corrected chi connectivity index (χ2v) is 3.54. The summed E-state index contributed by atoms with van der Waals surface area (Å²) in [7, 11) is 0. The van der Waals surface area contributed by atoms with Gasteiger partial charge in [0.1, 0.15) is 5.15 Å². The lowest BCUT2D eigenvalue weighted by Gasteiger charge is -2.05. The Hall–Kier alpha value is -2.21. The minimum absolute atomic E-state index is 0.198. The van der Waals surface area contributed by atoms with Crippen molar-refractivity contribution in [2.24, 2.45) is 0 Å². The molecule has 0 aliphatic rings. The summed E-state index contributed by atoms with van der Waals surface area (Å²) in [5, 5.41) is 10.1. The van der Waals surface area contributed by atoms with E-state index in [4.69, 9.17) is 17.3 Å². The van der Waals surface area contributed by atoms with Crippen LogP contribution in [0.1, 0.15) is 10.4 Å². The summed E-state index contributed by atoms with van der Waals surface area (Å²) in [5.41, 5.74) is 6.12. The predicted molar refractivity (Wildman–Crippen MR) is 63.6 cm³/mol. The van der Waals surface area contributed by atoms with E-state index in [2.05, 4.69) is 20.5 Å². The zero-order valence-corrected chi connectivity index (χ0v) is 9.35. The summed E-state index contributed by atoms with van der Waals surface area (Å²) in [5.74, 6) is -0.0721. The maximum atomic E-state index is 11.8. The van der Waals surface area contributed by atoms with Crippen LogP contribution in [0.3, 0.4) is 0 Å². The van der Waals surface area contributed by atoms with E-state index in [1.165, 1.54) is 18.5 Å². The maximum absolute atomic E-state index is 11.8. The minimum atomic E-state index is -0.410. The Bertz CT molecular complexity index is 546. The second-order valence-electron chi connectivity index (χ2n) is 3.16. The van der Waals surface area contributed by atoms with Crippen LogP contribution in [0, 0.1) is 0 Å². The number of aromatic nitrogens is 3. The van der Waals surface area contributed by atoms with Gasteiger partial charge in [-0.2, -0.15) is 5.10 Å². The van der Waals surface area contributed by atoms with Gasteiger partial charge < -0.3 is 11.1 Å². The number of anilines is 2. The van der Waals surface area contributed by atoms with Crippen LogP contribution in [-0.4, -0.2) is 21.1 Å². The van der Waals surface area contributed by atoms with Gasteiger partial charge in [0, 0.05) is 6.20 Å². The van der Waals surface area contributed by atoms with Crippen LogP contribution < -0.4 is 11.1 Å². The summed E-state index contributed by atoms with van der Waals surface area (Å²) < 4.78 is 0. The monoisotopic (exact) mass is 249 g/mol. The highest BCUT2D eigenvalue weighted by atomic mass is 35.5. The van der Waals surface area contributed by atoms with Crippen molar-refractivity contribution in [2.45, 2.75) is 0 Å². The number of nitrogen functional groups attached to an aromatic ring is 1. The molecule has 2 aromatic rings. The highest BCUT2D eigenvalue weighted by Crippen LogP contribution is 2.16. The van der Waals surface area contributed by atoms with Crippen molar-refractivity contribution in [3.63, 3.8) is 0 Å². The van der Waals surface area contributed by atoms with Gasteiger partial charge in [0.25, 0.3) is 5.91 Å². The van der Waals surface area contributed by atoms with Crippen molar-refractivity contribution in [1.82, 2.24) is 15.2 Å². The Labute approximate surface area is 102 Å². The Kier molecular flexibility index (Phi) is 3.15. The van der Waals surface area contributed by atoms with Crippen molar-refractivity contribution in [3.8, 4) is 0 Å². The summed E-state index contributed by atoms with van der Waals surface area (Å²) >= 11 is 5.69. The van der Waals surface area contributed by atoms with E-state index >= 15 is 0 Å². The van der Waals surface area contributed by atoms with Crippen molar-refractivity contribution in [2.75, 3.05) is 11.1 Å². The van der Waals surface area contributed by atoms with Crippen LogP contribution in [0.5, 0.6) is 0 Å². The van der Waals surface area contributed by atoms with Gasteiger partial charge in [0.15, 0.2) is 5.82 Å². The van der Waals surface area contributed by atoms with Crippen LogP contribution in [0.2, 0.25) is 5.15 Å². The Morgan fingerprint density at radius 1 is 1.47 bits per heavy atom. The number of pyridine rings is 1. The van der Waals surface area contributed by atoms with Crippen LogP contribution in [0.15, 0.2) is 30.6 Å². The number of nitrogens with two attached hydrogens (primary N) is 1. The number of halogens is 1. The van der Waals surface area contributed by atoms with E-state index in [9.17, 15) is 4.79 Å². The molecule has 86 valence electrons. The molecule has 2 aromatic heterocycles. The molecule has 17 heavy (non-hydrogen) atoms. The molecule has 0 aromatic carbocycles. The largest absolute Gasteiger partial charge is 0.397 e. The smallest absolute Gasteiger partial charge is 0.259 e. The highest BCUT2D eigenvalue weighted by molar-refractivity contribution is 6.30. The van der Waals surface area contributed by atoms with Gasteiger partial charge in [0.05, 0.1) is 17.4 Å². The fourth-order valence-corrected chi connectivity index (χ4v) is 1.35. The van der Waals surface area contributed by atoms with Crippen LogP contribution in [0.4, 0.5) is 11.5 Å². The average molecular weight is 250 g/mol. The molecule has 0 bridgehead atoms. The van der Waals surface area contributed by atoms with Gasteiger partial charge in [-0.25, -0.2) is 4.98 Å². The van der Waals surface area contributed by atoms with Crippen LogP contribution in [-0.2, 0) is 0 Å². The number of nitrogens with zero attached hydrogens (tertiary/aromatic N) is 3. The number of hydrogen-bond donors (Lipinski definition) is 2. The molecule has 6 nitrogen and oxygen atoms in total. The lowest BCUT2D eigenvalue weighted by molar-refractivity contribution is 0.102. The van der Waals surface area contributed by atoms with Crippen molar-refractivity contribution >= 4 is 29.0 Å². The van der Waals surface area contributed by atoms with Gasteiger partial charge in [-0.3, -0.25) is 4.79 Å². The number of carbonyl (C=O) groups excluding carboxylic acids is 1. The molecule has 0 atom stereocenters. The molecule has 0 saturated heterocycles. The fraction of sp³-hybridized carbons (Fsp3) is 0. The molecule has 0 fully saturated rings. The lowest BCUT2D eigenvalue weighted by atomic mass is 10.2. The molecular formula is C10H8ClN5O. The first-order valence-electron chi connectivity index (χ1n) is 4.67. The average Bonchev–Trinajstić information content (AvgIpc) is 2.33. The third-order valence-corrected chi connectivity index (χ3v) is 2.17. The number of nitrogens with one attached hydrogen (secondary N) is 1. The number of hydrogen-bond acceptors (Lipinski definition) is 5. The van der Waals surface area contributed by atoms with Crippen molar-refractivity contribution in [1.29, 1.82) is 0 Å². The molecule has 0 radical (unpaired) electrons. The molecular weight excluding hydrogens is 242 g/mol. The fourth-order valence-electron chi connectivity index (χ4n) is 1.19. The standard InChI is InChI=1S/C10H8ClN5O/c11-8-4-6(7(12)5-13-8)10(17)15-9-2-1-3-14-16-9/h1-5H,12H2,(H,15,16,17). The molecule has 0 aliphatic heterocycles. The quantitative estimate of drug-likeness (QED) is 0.784. The molecule has 7 heteroatoms. The van der Waals surface area contributed by atoms with E-state index in [-0.39, 0.29) is 16.4 Å². The van der Waals surface area contributed by atoms with E-state index in [0.717, 1.165) is 0 Å². The molecule has 0 saturated carbocycles. The molecule has 3 N–H and O–H groups in total. The van der Waals surface area contributed by atoms with Gasteiger partial charge in [-0.15, -0.1) is 5.10 Å². The van der Waals surface area contributed by atoms with Crippen molar-refractivity contribution < 1.29 is 4.79 Å². The second kappa shape index (κ2) is 4.75. The first-order chi connectivity index (χ1) is 8.16. The summed E-state index contributed by atoms with van der Waals surface area (Å²) in [6.45, 7) is 0. The third kappa shape index (κ3) is 2.67. The molecule has 2 heterocycles. The molecule has 0 spiro atoms. The zero-order chi connectivity index (χ0) is 12.3. The highest BCUT2D eigenvalue weighted by Gasteiger charge is 2.11. The van der Waals surface area contributed by atoms with E-state index in [1.54, 1.807) is 12.1 Å². The topological polar surface area (TPSA) is 93.8 Å². The first kappa shape index (κ1) is 11.3. The normalized spacial score (nSPS) is 9.94. The summed E-state index contributed by atoms with van der Waals surface area (Å²) in [4.78, 5) is 15.6. The summed E-state index contributed by atoms with van der Waals surface area (Å²) in [6, 6.07) is 4.66. The third-order valence-electron chi connectivity index (χ3n) is 1.96. The zero-order valence-electron chi connectivity index (χ0n) is 8.59. The van der Waals surface area contributed by atoms with Gasteiger partial charge in [0.2, 0.25) is 0 Å². The Balaban J connectivity index is 2.23. The molecule has 1 amide bonds. The van der Waals surface area contributed by atoms with E-state index in [1.807, 2.05) is 0 Å². The van der Waals surface area contributed by atoms with E-state index < -0.39 is 5.91 Å². The molecule has 0 unspecified atom stereocenters. The van der Waals surface area contributed by atoms with Crippen LogP contribution in [0.25, 0.3) is 0 Å². The van der Waals surface area contributed by atoms with Gasteiger partial charge >= 0.3 is 0 Å². The van der Waals surface area contributed by atoms with Crippen molar-refractivity contribution in [3.05, 3.63) is 41.3 Å². The maximum Gasteiger partial charge on any atom is 0.259 e. The SMILES string of the molecule is Nc1cnc(Cl)cc1C(=O)Nc1cccnn1. The first-order valence-corrected chi connectivity index (χ1v) is 5.04. The van der Waals surface area contributed by atoms with Gasteiger partial charge in [-0.05, 0) is 18.2 Å². The number of amides is 1. The Morgan fingerprint density at radius 3 is 3.00 bits per heavy atom. The number of carbonyl (C=O) groups is 1. The molecule has 0 aliphatic carbocycles. The minimum Gasteiger partial charge on any atom is -0.397 e. The lowest BCUT2D eigenvalue weighted by Crippen LogP contribution is -2.15. The van der Waals surface area contributed by atoms with Crippen LogP contribution >= 0.6 is 11.6 Å². The predicted octanol–water partition coefficient (Wildman–Crippen LogP) is 1.36. The summed E-state index contributed by atoms with van der Waals surface area (Å²) in [6.07, 6.45) is 2.83. The molecule has 2 rings (SSSR count). The Morgan fingerprint density at radius 2 is 2.29 bits per heavy atom. The van der Waals surface area contributed by atoms with Gasteiger partial charge in [-0.1, -0.05) is 11.6 Å². The van der Waals surface area contributed by atoms with E-state index in [0.29, 0.717) is 5.82 Å². The number of rotatable bonds is 2.